The average molecular weight is 339 g/mol. The van der Waals surface area contributed by atoms with E-state index in [1.807, 2.05) is 13.8 Å². The van der Waals surface area contributed by atoms with E-state index in [-0.39, 0.29) is 11.7 Å². The van der Waals surface area contributed by atoms with Gasteiger partial charge in [-0.25, -0.2) is 4.39 Å². The topological polar surface area (TPSA) is 29.5 Å². The summed E-state index contributed by atoms with van der Waals surface area (Å²) in [6.45, 7) is 3.89. The summed E-state index contributed by atoms with van der Waals surface area (Å²) in [7, 11) is 0. The summed E-state index contributed by atoms with van der Waals surface area (Å²) >= 11 is 3.28. The van der Waals surface area contributed by atoms with Crippen molar-refractivity contribution in [1.82, 2.24) is 0 Å². The van der Waals surface area contributed by atoms with E-state index in [2.05, 4.69) is 15.9 Å². The Labute approximate surface area is 126 Å². The first-order valence-corrected chi connectivity index (χ1v) is 7.16. The fourth-order valence-electron chi connectivity index (χ4n) is 1.90. The molecular weight excluding hydrogens is 323 g/mol. The molecule has 2 rings (SSSR count). The minimum atomic E-state index is -0.999. The van der Waals surface area contributed by atoms with E-state index in [1.165, 1.54) is 6.07 Å². The molecule has 1 N–H and O–H groups in total. The molecule has 106 valence electrons. The van der Waals surface area contributed by atoms with Gasteiger partial charge in [0.2, 0.25) is 0 Å². The SMILES string of the molecule is CC(C)Oc1ccc(C(O)c2cc(Br)ccc2F)cc1. The number of aliphatic hydroxyl groups excluding tert-OH is 1. The molecule has 2 nitrogen and oxygen atoms in total. The van der Waals surface area contributed by atoms with E-state index in [0.717, 1.165) is 10.2 Å². The summed E-state index contributed by atoms with van der Waals surface area (Å²) in [6, 6.07) is 11.5. The maximum atomic E-state index is 13.8. The molecule has 0 heterocycles. The monoisotopic (exact) mass is 338 g/mol. The number of rotatable bonds is 4. The van der Waals surface area contributed by atoms with Crippen LogP contribution in [0.5, 0.6) is 5.75 Å². The highest BCUT2D eigenvalue weighted by Gasteiger charge is 2.15. The van der Waals surface area contributed by atoms with Crippen molar-refractivity contribution >= 4 is 15.9 Å². The fourth-order valence-corrected chi connectivity index (χ4v) is 2.28. The normalized spacial score (nSPS) is 12.5. The molecule has 2 aromatic rings. The summed E-state index contributed by atoms with van der Waals surface area (Å²) in [5, 5.41) is 10.3. The highest BCUT2D eigenvalue weighted by molar-refractivity contribution is 9.10. The van der Waals surface area contributed by atoms with Gasteiger partial charge in [-0.3, -0.25) is 0 Å². The molecule has 2 aromatic carbocycles. The lowest BCUT2D eigenvalue weighted by Crippen LogP contribution is -2.06. The molecule has 0 aliphatic heterocycles. The maximum absolute atomic E-state index is 13.8. The second kappa shape index (κ2) is 6.37. The summed E-state index contributed by atoms with van der Waals surface area (Å²) in [6.07, 6.45) is -0.908. The Hall–Kier alpha value is -1.39. The minimum Gasteiger partial charge on any atom is -0.491 e. The Kier molecular flexibility index (Phi) is 4.78. The predicted molar refractivity (Wildman–Crippen MR) is 80.4 cm³/mol. The van der Waals surface area contributed by atoms with Crippen LogP contribution in [0.1, 0.15) is 31.1 Å². The Bertz CT molecular complexity index is 582. The van der Waals surface area contributed by atoms with Gasteiger partial charge >= 0.3 is 0 Å². The second-order valence-corrected chi connectivity index (χ2v) is 5.72. The van der Waals surface area contributed by atoms with Crippen LogP contribution in [0.3, 0.4) is 0 Å². The molecule has 0 fully saturated rings. The van der Waals surface area contributed by atoms with Crippen LogP contribution in [0.2, 0.25) is 0 Å². The van der Waals surface area contributed by atoms with E-state index < -0.39 is 11.9 Å². The highest BCUT2D eigenvalue weighted by Crippen LogP contribution is 2.28. The Morgan fingerprint density at radius 3 is 2.35 bits per heavy atom. The highest BCUT2D eigenvalue weighted by atomic mass is 79.9. The van der Waals surface area contributed by atoms with E-state index in [1.54, 1.807) is 36.4 Å². The number of hydrogen-bond donors (Lipinski definition) is 1. The van der Waals surface area contributed by atoms with Gasteiger partial charge in [-0.1, -0.05) is 28.1 Å². The van der Waals surface area contributed by atoms with Crippen LogP contribution >= 0.6 is 15.9 Å². The summed E-state index contributed by atoms with van der Waals surface area (Å²) in [4.78, 5) is 0. The van der Waals surface area contributed by atoms with Gasteiger partial charge in [0.25, 0.3) is 0 Å². The Balaban J connectivity index is 2.24. The number of halogens is 2. The first-order valence-electron chi connectivity index (χ1n) is 6.37. The van der Waals surface area contributed by atoms with E-state index >= 15 is 0 Å². The zero-order valence-electron chi connectivity index (χ0n) is 11.3. The smallest absolute Gasteiger partial charge is 0.129 e. The third-order valence-corrected chi connectivity index (χ3v) is 3.31. The van der Waals surface area contributed by atoms with Gasteiger partial charge < -0.3 is 9.84 Å². The largest absolute Gasteiger partial charge is 0.491 e. The van der Waals surface area contributed by atoms with Crippen LogP contribution in [-0.4, -0.2) is 11.2 Å². The summed E-state index contributed by atoms with van der Waals surface area (Å²) in [5.74, 6) is 0.300. The zero-order chi connectivity index (χ0) is 14.7. The quantitative estimate of drug-likeness (QED) is 0.891. The molecule has 0 spiro atoms. The third-order valence-electron chi connectivity index (χ3n) is 2.82. The lowest BCUT2D eigenvalue weighted by atomic mass is 10.0. The van der Waals surface area contributed by atoms with Crippen molar-refractivity contribution in [2.75, 3.05) is 0 Å². The Morgan fingerprint density at radius 1 is 1.10 bits per heavy atom. The van der Waals surface area contributed by atoms with Crippen LogP contribution < -0.4 is 4.74 Å². The lowest BCUT2D eigenvalue weighted by molar-refractivity contribution is 0.214. The first-order chi connectivity index (χ1) is 9.47. The zero-order valence-corrected chi connectivity index (χ0v) is 12.9. The predicted octanol–water partition coefficient (Wildman–Crippen LogP) is 4.46. The van der Waals surface area contributed by atoms with Gasteiger partial charge in [0, 0.05) is 10.0 Å². The van der Waals surface area contributed by atoms with Crippen molar-refractivity contribution in [2.24, 2.45) is 0 Å². The van der Waals surface area contributed by atoms with Crippen LogP contribution in [0.25, 0.3) is 0 Å². The van der Waals surface area contributed by atoms with Gasteiger partial charge in [0.15, 0.2) is 0 Å². The van der Waals surface area contributed by atoms with Crippen LogP contribution in [0, 0.1) is 5.82 Å². The molecule has 4 heteroatoms. The number of aliphatic hydroxyl groups is 1. The maximum Gasteiger partial charge on any atom is 0.129 e. The molecule has 0 amide bonds. The van der Waals surface area contributed by atoms with Crippen molar-refractivity contribution in [3.63, 3.8) is 0 Å². The van der Waals surface area contributed by atoms with Gasteiger partial charge in [0.1, 0.15) is 17.7 Å². The van der Waals surface area contributed by atoms with Crippen molar-refractivity contribution in [3.05, 3.63) is 63.9 Å². The first kappa shape index (κ1) is 15.0. The average Bonchev–Trinajstić information content (AvgIpc) is 2.41. The van der Waals surface area contributed by atoms with Crippen molar-refractivity contribution in [1.29, 1.82) is 0 Å². The molecule has 0 radical (unpaired) electrons. The van der Waals surface area contributed by atoms with E-state index in [0.29, 0.717) is 5.56 Å². The standard InChI is InChI=1S/C16H16BrFO2/c1-10(2)20-13-6-3-11(4-7-13)16(19)14-9-12(17)5-8-15(14)18/h3-10,16,19H,1-2H3. The summed E-state index contributed by atoms with van der Waals surface area (Å²) < 4.78 is 20.0. The molecule has 0 saturated heterocycles. The van der Waals surface area contributed by atoms with Crippen LogP contribution in [0.4, 0.5) is 4.39 Å². The molecule has 20 heavy (non-hydrogen) atoms. The van der Waals surface area contributed by atoms with Gasteiger partial charge in [-0.15, -0.1) is 0 Å². The second-order valence-electron chi connectivity index (χ2n) is 4.80. The third kappa shape index (κ3) is 3.58. The molecule has 0 aliphatic carbocycles. The number of benzene rings is 2. The summed E-state index contributed by atoms with van der Waals surface area (Å²) in [5.41, 5.74) is 0.870. The minimum absolute atomic E-state index is 0.0910. The van der Waals surface area contributed by atoms with Crippen molar-refractivity contribution < 1.29 is 14.2 Å². The molecule has 1 atom stereocenters. The van der Waals surface area contributed by atoms with E-state index in [9.17, 15) is 9.50 Å². The van der Waals surface area contributed by atoms with Crippen LogP contribution in [0.15, 0.2) is 46.9 Å². The fraction of sp³-hybridized carbons (Fsp3) is 0.250. The Morgan fingerprint density at radius 2 is 1.75 bits per heavy atom. The molecule has 0 aromatic heterocycles. The van der Waals surface area contributed by atoms with Crippen molar-refractivity contribution in [2.45, 2.75) is 26.1 Å². The van der Waals surface area contributed by atoms with Gasteiger partial charge in [-0.2, -0.15) is 0 Å². The molecule has 1 unspecified atom stereocenters. The molecule has 0 bridgehead atoms. The molecular formula is C16H16BrFO2. The van der Waals surface area contributed by atoms with Crippen molar-refractivity contribution in [3.8, 4) is 5.75 Å². The lowest BCUT2D eigenvalue weighted by Gasteiger charge is -2.14. The van der Waals surface area contributed by atoms with E-state index in [4.69, 9.17) is 4.74 Å². The molecule has 0 saturated carbocycles. The molecule has 0 aliphatic rings. The van der Waals surface area contributed by atoms with Gasteiger partial charge in [0.05, 0.1) is 6.10 Å². The number of ether oxygens (including phenoxy) is 1. The van der Waals surface area contributed by atoms with Gasteiger partial charge in [-0.05, 0) is 49.7 Å². The number of hydrogen-bond acceptors (Lipinski definition) is 2. The van der Waals surface area contributed by atoms with Crippen LogP contribution in [-0.2, 0) is 0 Å².